The highest BCUT2D eigenvalue weighted by atomic mass is 16.5. The van der Waals surface area contributed by atoms with Gasteiger partial charge in [-0.2, -0.15) is 0 Å². The topological polar surface area (TPSA) is 28.2 Å². The predicted molar refractivity (Wildman–Crippen MR) is 329 cm³/mol. The third kappa shape index (κ3) is 7.20. The number of hydrogen-bond acceptors (Lipinski definition) is 5. The molecule has 0 saturated carbocycles. The summed E-state index contributed by atoms with van der Waals surface area (Å²) in [6.07, 6.45) is 0. The normalized spacial score (nSPS) is 12.9. The summed E-state index contributed by atoms with van der Waals surface area (Å²) in [4.78, 5) is 7.44. The lowest BCUT2D eigenvalue weighted by atomic mass is 9.31. The van der Waals surface area contributed by atoms with E-state index < -0.39 is 0 Å². The smallest absolute Gasteiger partial charge is 0.256 e. The molecule has 79 heavy (non-hydrogen) atoms. The Labute approximate surface area is 460 Å². The van der Waals surface area contributed by atoms with Crippen molar-refractivity contribution in [3.8, 4) is 56.4 Å². The number of fused-ring (bicyclic) bond motifs is 8. The van der Waals surface area contributed by atoms with Crippen molar-refractivity contribution >= 4 is 97.4 Å². The van der Waals surface area contributed by atoms with Gasteiger partial charge in [0, 0.05) is 51.3 Å². The lowest BCUT2D eigenvalue weighted by Crippen LogP contribution is -2.63. The zero-order valence-electron chi connectivity index (χ0n) is 42.9. The molecule has 0 radical (unpaired) electrons. The third-order valence-electron chi connectivity index (χ3n) is 16.3. The van der Waals surface area contributed by atoms with Gasteiger partial charge in [0.05, 0.1) is 17.1 Å². The molecule has 0 atom stereocenters. The lowest BCUT2D eigenvalue weighted by molar-refractivity contribution is 0.487. The first-order valence-electron chi connectivity index (χ1n) is 27.1. The number of hydrogen-bond donors (Lipinski definition) is 0. The maximum atomic E-state index is 7.27. The molecule has 12 aromatic rings. The minimum atomic E-state index is -0.187. The van der Waals surface area contributed by atoms with Gasteiger partial charge in [0.2, 0.25) is 0 Å². The van der Waals surface area contributed by atoms with Gasteiger partial charge in [-0.1, -0.05) is 206 Å². The van der Waals surface area contributed by atoms with E-state index in [0.29, 0.717) is 0 Å². The SMILES string of the molecule is c1ccc(-c2cc3c4c(c2)N(c2ccccc2-c2ccccc2)c2cc5c(cc2B4c2ccccc2O3)B2c3ccccc3Oc3cc(N(c4ccccc4)c4ccccc4)cc(c32)N5c2ccccc2-c2ccccc2)cc1. The zero-order valence-corrected chi connectivity index (χ0v) is 42.9. The Morgan fingerprint density at radius 2 is 0.658 bits per heavy atom. The van der Waals surface area contributed by atoms with Crippen LogP contribution in [0.25, 0.3) is 33.4 Å². The van der Waals surface area contributed by atoms with E-state index in [4.69, 9.17) is 9.47 Å². The molecule has 0 aromatic heterocycles. The van der Waals surface area contributed by atoms with Crippen molar-refractivity contribution in [2.24, 2.45) is 0 Å². The van der Waals surface area contributed by atoms with E-state index >= 15 is 0 Å². The largest absolute Gasteiger partial charge is 0.458 e. The van der Waals surface area contributed by atoms with E-state index in [-0.39, 0.29) is 13.4 Å². The highest BCUT2D eigenvalue weighted by molar-refractivity contribution is 7.02. The van der Waals surface area contributed by atoms with Gasteiger partial charge in [-0.3, -0.25) is 0 Å². The number of anilines is 9. The molecule has 0 spiro atoms. The minimum absolute atomic E-state index is 0.158. The number of nitrogens with zero attached hydrogens (tertiary/aromatic N) is 3. The van der Waals surface area contributed by atoms with Crippen LogP contribution in [0.4, 0.5) is 51.2 Å². The van der Waals surface area contributed by atoms with Gasteiger partial charge in [-0.05, 0) is 128 Å². The maximum Gasteiger partial charge on any atom is 0.256 e. The van der Waals surface area contributed by atoms with Crippen LogP contribution in [-0.2, 0) is 0 Å². The summed E-state index contributed by atoms with van der Waals surface area (Å²) in [7, 11) is 0. The highest BCUT2D eigenvalue weighted by Crippen LogP contribution is 2.51. The molecular weight excluding hydrogens is 960 g/mol. The predicted octanol–water partition coefficient (Wildman–Crippen LogP) is 15.0. The van der Waals surface area contributed by atoms with Gasteiger partial charge >= 0.3 is 0 Å². The summed E-state index contributed by atoms with van der Waals surface area (Å²) in [5, 5.41) is 0. The van der Waals surface area contributed by atoms with Crippen LogP contribution in [0.2, 0.25) is 0 Å². The van der Waals surface area contributed by atoms with Crippen LogP contribution < -0.4 is 57.0 Å². The van der Waals surface area contributed by atoms with Crippen LogP contribution in [-0.4, -0.2) is 13.4 Å². The van der Waals surface area contributed by atoms with Crippen LogP contribution in [0, 0.1) is 0 Å². The van der Waals surface area contributed by atoms with Crippen LogP contribution in [0.5, 0.6) is 23.0 Å². The van der Waals surface area contributed by atoms with E-state index in [1.54, 1.807) is 0 Å². The number of rotatable bonds is 8. The van der Waals surface area contributed by atoms with Crippen LogP contribution >= 0.6 is 0 Å². The van der Waals surface area contributed by atoms with Crippen molar-refractivity contribution in [2.45, 2.75) is 0 Å². The van der Waals surface area contributed by atoms with Crippen molar-refractivity contribution in [3.05, 3.63) is 285 Å². The summed E-state index contributed by atoms with van der Waals surface area (Å²) in [6.45, 7) is -0.346. The molecule has 0 amide bonds. The Hall–Kier alpha value is -10.2. The molecular formula is C72H47B2N3O2. The monoisotopic (exact) mass is 1010 g/mol. The molecule has 16 rings (SSSR count). The van der Waals surface area contributed by atoms with Gasteiger partial charge in [-0.25, -0.2) is 0 Å². The van der Waals surface area contributed by atoms with Crippen LogP contribution in [0.1, 0.15) is 0 Å². The van der Waals surface area contributed by atoms with Crippen molar-refractivity contribution in [2.75, 3.05) is 14.7 Å². The van der Waals surface area contributed by atoms with E-state index in [2.05, 4.69) is 300 Å². The molecule has 0 bridgehead atoms. The van der Waals surface area contributed by atoms with Crippen molar-refractivity contribution in [3.63, 3.8) is 0 Å². The molecule has 0 saturated heterocycles. The second kappa shape index (κ2) is 18.2. The maximum absolute atomic E-state index is 7.27. The number of para-hydroxylation sites is 6. The highest BCUT2D eigenvalue weighted by Gasteiger charge is 2.48. The average molecular weight is 1010 g/mol. The number of ether oxygens (including phenoxy) is 2. The molecule has 12 aromatic carbocycles. The average Bonchev–Trinajstić information content (AvgIpc) is 3.67. The van der Waals surface area contributed by atoms with Gasteiger partial charge in [0.25, 0.3) is 13.4 Å². The molecule has 0 aliphatic carbocycles. The first kappa shape index (κ1) is 45.0. The Morgan fingerprint density at radius 1 is 0.253 bits per heavy atom. The summed E-state index contributed by atoms with van der Waals surface area (Å²) >= 11 is 0. The van der Waals surface area contributed by atoms with Crippen molar-refractivity contribution in [1.82, 2.24) is 0 Å². The summed E-state index contributed by atoms with van der Waals surface area (Å²) in [6, 6.07) is 103. The molecule has 0 unspecified atom stereocenters. The lowest BCUT2D eigenvalue weighted by Gasteiger charge is -2.45. The van der Waals surface area contributed by atoms with Gasteiger partial charge < -0.3 is 24.2 Å². The molecule has 5 nitrogen and oxygen atoms in total. The summed E-state index contributed by atoms with van der Waals surface area (Å²) in [5.74, 6) is 3.41. The zero-order chi connectivity index (χ0) is 52.0. The Kier molecular flexibility index (Phi) is 10.4. The molecule has 0 N–H and O–H groups in total. The second-order valence-corrected chi connectivity index (χ2v) is 20.7. The van der Waals surface area contributed by atoms with Crippen molar-refractivity contribution in [1.29, 1.82) is 0 Å². The Balaban J connectivity index is 1.04. The second-order valence-electron chi connectivity index (χ2n) is 20.7. The Bertz CT molecular complexity index is 4310. The van der Waals surface area contributed by atoms with E-state index in [9.17, 15) is 0 Å². The fourth-order valence-electron chi connectivity index (χ4n) is 13.0. The molecule has 4 aliphatic rings. The van der Waals surface area contributed by atoms with Gasteiger partial charge in [0.1, 0.15) is 23.0 Å². The first-order valence-corrected chi connectivity index (χ1v) is 27.1. The first-order chi connectivity index (χ1) is 39.2. The number of benzene rings is 12. The van der Waals surface area contributed by atoms with E-state index in [1.165, 1.54) is 10.9 Å². The fourth-order valence-corrected chi connectivity index (χ4v) is 13.0. The molecule has 0 fully saturated rings. The van der Waals surface area contributed by atoms with Crippen molar-refractivity contribution < 1.29 is 9.47 Å². The Morgan fingerprint density at radius 3 is 1.16 bits per heavy atom. The third-order valence-corrected chi connectivity index (χ3v) is 16.3. The summed E-state index contributed by atoms with van der Waals surface area (Å²) < 4.78 is 14.4. The van der Waals surface area contributed by atoms with Crippen LogP contribution in [0.3, 0.4) is 0 Å². The van der Waals surface area contributed by atoms with E-state index in [0.717, 1.165) is 129 Å². The van der Waals surface area contributed by atoms with Gasteiger partial charge in [0.15, 0.2) is 0 Å². The van der Waals surface area contributed by atoms with Gasteiger partial charge in [-0.15, -0.1) is 0 Å². The molecule has 4 aliphatic heterocycles. The standard InChI is InChI=1S/C72H47B2N3O2/c1-6-24-48(25-7-1)51-42-65-71-69(43-51)78-67-40-22-18-36-57(67)73(71)59-46-60-64(47-63(59)76(65)61-38-20-16-34-55(61)49-26-8-2-9-27-49)77(62-39-21-17-35-56(62)50-28-10-3-11-29-50)66-44-54(45-70-72(66)74(60)58-37-19-23-41-68(58)79-70)75(52-30-12-4-13-31-52)53-32-14-5-15-33-53/h1-47H. The molecule has 7 heteroatoms. The summed E-state index contributed by atoms with van der Waals surface area (Å²) in [5.41, 5.74) is 23.3. The van der Waals surface area contributed by atoms with E-state index in [1.807, 2.05) is 0 Å². The fraction of sp³-hybridized carbons (Fsp3) is 0. The quantitative estimate of drug-likeness (QED) is 0.141. The minimum Gasteiger partial charge on any atom is -0.458 e. The molecule has 368 valence electrons. The molecule has 4 heterocycles. The van der Waals surface area contributed by atoms with Crippen LogP contribution in [0.15, 0.2) is 285 Å².